The van der Waals surface area contributed by atoms with Gasteiger partial charge in [0.05, 0.1) is 4.91 Å². The summed E-state index contributed by atoms with van der Waals surface area (Å²) in [6, 6.07) is 0.243. The Morgan fingerprint density at radius 2 is 1.82 bits per heavy atom. The maximum absolute atomic E-state index is 12.3. The maximum Gasteiger partial charge on any atom is 0.407 e. The number of ether oxygens (including phenoxy) is 1. The van der Waals surface area contributed by atoms with Crippen molar-refractivity contribution in [2.45, 2.75) is 97.8 Å². The minimum absolute atomic E-state index is 0.0767. The SMILES string of the molecule is CCC=C(C#CC(C)(C)C)S/C(C(=O)O)=C(\C)NC1CCC(NC(=O)OC2(C)CCNC2)CC1. The Morgan fingerprint density at radius 3 is 2.32 bits per heavy atom. The first-order valence-electron chi connectivity index (χ1n) is 12.2. The van der Waals surface area contributed by atoms with Crippen molar-refractivity contribution >= 4 is 23.8 Å². The van der Waals surface area contributed by atoms with Crippen LogP contribution in [0.2, 0.25) is 0 Å². The molecule has 0 aromatic carbocycles. The number of rotatable bonds is 8. The van der Waals surface area contributed by atoms with E-state index in [9.17, 15) is 14.7 Å². The fraction of sp³-hybridized carbons (Fsp3) is 0.692. The number of carboxylic acids is 1. The molecule has 2 aliphatic rings. The number of thioether (sulfide) groups is 1. The lowest BCUT2D eigenvalue weighted by atomic mass is 9.91. The lowest BCUT2D eigenvalue weighted by Crippen LogP contribution is -2.45. The Kier molecular flexibility index (Phi) is 10.4. The van der Waals surface area contributed by atoms with Gasteiger partial charge in [-0.1, -0.05) is 36.6 Å². The summed E-state index contributed by atoms with van der Waals surface area (Å²) < 4.78 is 5.63. The van der Waals surface area contributed by atoms with Crippen LogP contribution in [0.5, 0.6) is 0 Å². The number of hydrogen-bond acceptors (Lipinski definition) is 6. The average Bonchev–Trinajstić information content (AvgIpc) is 3.16. The molecule has 1 unspecified atom stereocenters. The van der Waals surface area contributed by atoms with E-state index in [2.05, 4.69) is 27.8 Å². The highest BCUT2D eigenvalue weighted by molar-refractivity contribution is 8.07. The quantitative estimate of drug-likeness (QED) is 0.287. The van der Waals surface area contributed by atoms with Gasteiger partial charge in [-0.05, 0) is 73.3 Å². The summed E-state index contributed by atoms with van der Waals surface area (Å²) >= 11 is 1.21. The molecular formula is C26H41N3O4S. The van der Waals surface area contributed by atoms with E-state index in [1.165, 1.54) is 11.8 Å². The number of carbonyl (C=O) groups excluding carboxylic acids is 1. The van der Waals surface area contributed by atoms with E-state index in [1.807, 2.05) is 47.6 Å². The lowest BCUT2D eigenvalue weighted by molar-refractivity contribution is -0.131. The highest BCUT2D eigenvalue weighted by Gasteiger charge is 2.33. The molecule has 1 aliphatic heterocycles. The van der Waals surface area contributed by atoms with E-state index in [-0.39, 0.29) is 28.5 Å². The molecule has 34 heavy (non-hydrogen) atoms. The van der Waals surface area contributed by atoms with Gasteiger partial charge in [-0.25, -0.2) is 9.59 Å². The zero-order valence-electron chi connectivity index (χ0n) is 21.5. The second-order valence-corrected chi connectivity index (χ2v) is 11.5. The highest BCUT2D eigenvalue weighted by atomic mass is 32.2. The molecule has 190 valence electrons. The molecule has 7 nitrogen and oxygen atoms in total. The van der Waals surface area contributed by atoms with Crippen molar-refractivity contribution in [3.63, 3.8) is 0 Å². The normalized spacial score (nSPS) is 26.1. The molecule has 1 saturated carbocycles. The van der Waals surface area contributed by atoms with Gasteiger partial charge in [-0.2, -0.15) is 0 Å². The number of allylic oxidation sites excluding steroid dienone is 3. The molecule has 0 aromatic heterocycles. The Hall–Kier alpha value is -2.11. The van der Waals surface area contributed by atoms with E-state index < -0.39 is 11.6 Å². The van der Waals surface area contributed by atoms with Crippen molar-refractivity contribution in [1.29, 1.82) is 0 Å². The van der Waals surface area contributed by atoms with Gasteiger partial charge in [-0.15, -0.1) is 0 Å². The van der Waals surface area contributed by atoms with E-state index in [0.29, 0.717) is 12.2 Å². The number of amides is 1. The third-order valence-corrected chi connectivity index (χ3v) is 7.01. The molecule has 1 heterocycles. The van der Waals surface area contributed by atoms with E-state index in [1.54, 1.807) is 0 Å². The van der Waals surface area contributed by atoms with E-state index in [4.69, 9.17) is 4.74 Å². The van der Waals surface area contributed by atoms with Crippen molar-refractivity contribution in [3.05, 3.63) is 21.6 Å². The summed E-state index contributed by atoms with van der Waals surface area (Å²) in [6.45, 7) is 13.4. The molecule has 1 atom stereocenters. The van der Waals surface area contributed by atoms with Gasteiger partial charge in [0.2, 0.25) is 0 Å². The number of carboxylic acid groups (broad SMARTS) is 1. The zero-order chi connectivity index (χ0) is 25.4. The number of hydrogen-bond donors (Lipinski definition) is 4. The summed E-state index contributed by atoms with van der Waals surface area (Å²) in [5.41, 5.74) is 0.0610. The first-order valence-corrected chi connectivity index (χ1v) is 13.0. The fourth-order valence-electron chi connectivity index (χ4n) is 4.00. The Labute approximate surface area is 208 Å². The Bertz CT molecular complexity index is 849. The van der Waals surface area contributed by atoms with Crippen LogP contribution in [0.4, 0.5) is 4.79 Å². The van der Waals surface area contributed by atoms with Gasteiger partial charge in [0.25, 0.3) is 0 Å². The number of alkyl carbamates (subject to hydrolysis) is 1. The molecule has 4 N–H and O–H groups in total. The second-order valence-electron chi connectivity index (χ2n) is 10.4. The van der Waals surface area contributed by atoms with Crippen LogP contribution in [0.3, 0.4) is 0 Å². The van der Waals surface area contributed by atoms with Crippen molar-refractivity contribution in [2.24, 2.45) is 5.41 Å². The minimum Gasteiger partial charge on any atom is -0.477 e. The van der Waals surface area contributed by atoms with Gasteiger partial charge in [0, 0.05) is 36.2 Å². The predicted octanol–water partition coefficient (Wildman–Crippen LogP) is 4.76. The second kappa shape index (κ2) is 12.6. The molecule has 1 aliphatic carbocycles. The first-order chi connectivity index (χ1) is 15.9. The molecule has 0 bridgehead atoms. The van der Waals surface area contributed by atoms with Gasteiger partial charge in [-0.3, -0.25) is 0 Å². The largest absolute Gasteiger partial charge is 0.477 e. The minimum atomic E-state index is -0.956. The molecule has 1 saturated heterocycles. The third-order valence-electron chi connectivity index (χ3n) is 5.84. The summed E-state index contributed by atoms with van der Waals surface area (Å²) in [6.07, 6.45) is 6.57. The smallest absolute Gasteiger partial charge is 0.407 e. The predicted molar refractivity (Wildman–Crippen MR) is 138 cm³/mol. The fourth-order valence-corrected chi connectivity index (χ4v) is 4.87. The van der Waals surface area contributed by atoms with Crippen LogP contribution in [0, 0.1) is 17.3 Å². The number of carbonyl (C=O) groups is 2. The third kappa shape index (κ3) is 9.63. The molecule has 0 spiro atoms. The van der Waals surface area contributed by atoms with Crippen molar-refractivity contribution in [1.82, 2.24) is 16.0 Å². The van der Waals surface area contributed by atoms with Crippen LogP contribution in [-0.2, 0) is 9.53 Å². The van der Waals surface area contributed by atoms with Gasteiger partial charge >= 0.3 is 12.1 Å². The number of nitrogens with one attached hydrogen (secondary N) is 3. The molecule has 2 rings (SSSR count). The van der Waals surface area contributed by atoms with Crippen LogP contribution in [0.1, 0.15) is 80.1 Å². The molecule has 1 amide bonds. The van der Waals surface area contributed by atoms with Crippen molar-refractivity contribution in [3.8, 4) is 11.8 Å². The molecule has 2 fully saturated rings. The van der Waals surface area contributed by atoms with Gasteiger partial charge in [0.15, 0.2) is 0 Å². The average molecular weight is 492 g/mol. The van der Waals surface area contributed by atoms with Crippen LogP contribution in [0.15, 0.2) is 21.6 Å². The molecule has 8 heteroatoms. The van der Waals surface area contributed by atoms with Crippen LogP contribution in [0.25, 0.3) is 0 Å². The van der Waals surface area contributed by atoms with E-state index in [0.717, 1.165) is 50.0 Å². The van der Waals surface area contributed by atoms with Crippen LogP contribution >= 0.6 is 11.8 Å². The Balaban J connectivity index is 1.93. The van der Waals surface area contributed by atoms with Crippen LogP contribution in [-0.4, -0.2) is 47.9 Å². The summed E-state index contributed by atoms with van der Waals surface area (Å²) in [5.74, 6) is 5.39. The van der Waals surface area contributed by atoms with E-state index >= 15 is 0 Å². The van der Waals surface area contributed by atoms with Gasteiger partial charge in [0.1, 0.15) is 10.5 Å². The zero-order valence-corrected chi connectivity index (χ0v) is 22.3. The summed E-state index contributed by atoms with van der Waals surface area (Å²) in [5, 5.41) is 19.5. The molecular weight excluding hydrogens is 450 g/mol. The van der Waals surface area contributed by atoms with Crippen molar-refractivity contribution < 1.29 is 19.4 Å². The maximum atomic E-state index is 12.3. The standard InChI is InChI=1S/C26H41N3O4S/c1-7-8-21(13-14-25(3,4)5)34-22(23(30)31)18(2)28-19-9-11-20(12-10-19)29-24(32)33-26(6)15-16-27-17-26/h8,19-20,27-28H,7,9-12,15-17H2,1-6H3,(H,29,32)(H,30,31)/b21-8?,22-18+. The highest BCUT2D eigenvalue weighted by Crippen LogP contribution is 2.29. The molecule has 0 radical (unpaired) electrons. The summed E-state index contributed by atoms with van der Waals surface area (Å²) in [7, 11) is 0. The summed E-state index contributed by atoms with van der Waals surface area (Å²) in [4.78, 5) is 25.3. The molecule has 0 aromatic rings. The first kappa shape index (κ1) is 28.1. The van der Waals surface area contributed by atoms with Gasteiger partial charge < -0.3 is 25.8 Å². The lowest BCUT2D eigenvalue weighted by Gasteiger charge is -2.31. The Morgan fingerprint density at radius 1 is 1.21 bits per heavy atom. The monoisotopic (exact) mass is 491 g/mol. The van der Waals surface area contributed by atoms with Crippen molar-refractivity contribution in [2.75, 3.05) is 13.1 Å². The topological polar surface area (TPSA) is 99.7 Å². The van der Waals surface area contributed by atoms with Crippen LogP contribution < -0.4 is 16.0 Å². The number of aliphatic carboxylic acids is 1.